The summed E-state index contributed by atoms with van der Waals surface area (Å²) in [4.78, 5) is 59.8. The largest absolute Gasteiger partial charge is 0.497 e. The van der Waals surface area contributed by atoms with Crippen LogP contribution in [0.1, 0.15) is 36.5 Å². The first-order chi connectivity index (χ1) is 26.2. The Labute approximate surface area is 324 Å². The number of halogens is 1. The summed E-state index contributed by atoms with van der Waals surface area (Å²) >= 11 is 3.74. The van der Waals surface area contributed by atoms with Crippen LogP contribution in [0.25, 0.3) is 0 Å². The number of alkyl halides is 1. The van der Waals surface area contributed by atoms with E-state index >= 15 is 9.59 Å². The van der Waals surface area contributed by atoms with Crippen LogP contribution in [-0.2, 0) is 35.1 Å². The molecule has 2 bridgehead atoms. The molecule has 1 spiro atoms. The second kappa shape index (κ2) is 17.1. The number of hydrogen-bond donors (Lipinski definition) is 2. The monoisotopic (exact) mass is 799 g/mol. The summed E-state index contributed by atoms with van der Waals surface area (Å²) in [6.45, 7) is 7.27. The van der Waals surface area contributed by atoms with Gasteiger partial charge in [0, 0.05) is 23.5 Å². The number of aliphatic hydroxyl groups is 1. The summed E-state index contributed by atoms with van der Waals surface area (Å²) in [5.74, 6) is -3.34. The zero-order chi connectivity index (χ0) is 38.4. The van der Waals surface area contributed by atoms with E-state index in [0.29, 0.717) is 23.4 Å². The number of methoxy groups -OCH3 is 1. The molecule has 3 fully saturated rings. The lowest BCUT2D eigenvalue weighted by Gasteiger charge is -2.39. The van der Waals surface area contributed by atoms with Gasteiger partial charge >= 0.3 is 5.97 Å². The van der Waals surface area contributed by atoms with E-state index < -0.39 is 70.9 Å². The Kier molecular flexibility index (Phi) is 12.4. The molecule has 3 heterocycles. The summed E-state index contributed by atoms with van der Waals surface area (Å²) in [5, 5.41) is 13.8. The standard InChI is InChI=1S/C42H46BrN3O8/c1-4-6-17-34(48)44-25-33(28-15-11-8-12-16-28)53-41(51)35-36-39(49)46(30(26-47)23-27-13-9-7-10-14-27)38(42(36)24-32(43)37(35)54-42)40(50)45(22-5-2)29-18-20-31(52-3)21-19-29/h4-5,7-16,18-21,30,32-33,35-38,47H,1-2,6,17,22-26H2,3H3,(H,44,48)/t30-,32?,33+,35+,36-,37+,38+,42-/m1/s1. The van der Waals surface area contributed by atoms with Crippen LogP contribution >= 0.6 is 15.9 Å². The Balaban J connectivity index is 1.38. The highest BCUT2D eigenvalue weighted by Gasteiger charge is 2.77. The molecule has 0 saturated carbocycles. The minimum absolute atomic E-state index is 0.0146. The SMILES string of the molecule is C=CCCC(=O)NC[C@H](OC(=O)[C@@H]1[C@H]2O[C@@]3(CC2Br)[C@H](C(=O)N(CC=C)c2ccc(OC)cc2)N([C@@H](CO)Cc2ccccc2)C(=O)[C@@H]13)c1ccccc1. The highest BCUT2D eigenvalue weighted by molar-refractivity contribution is 9.09. The number of aliphatic hydroxyl groups excluding tert-OH is 1. The van der Waals surface area contributed by atoms with Crippen LogP contribution in [0.4, 0.5) is 5.69 Å². The zero-order valence-electron chi connectivity index (χ0n) is 30.2. The van der Waals surface area contributed by atoms with Gasteiger partial charge in [0.25, 0.3) is 5.91 Å². The summed E-state index contributed by atoms with van der Waals surface area (Å²) in [6.07, 6.45) is 2.88. The second-order valence-corrected chi connectivity index (χ2v) is 15.0. The maximum atomic E-state index is 15.1. The maximum Gasteiger partial charge on any atom is 0.313 e. The van der Waals surface area contributed by atoms with Gasteiger partial charge in [0.05, 0.1) is 44.2 Å². The number of ether oxygens (including phenoxy) is 3. The van der Waals surface area contributed by atoms with Gasteiger partial charge in [-0.3, -0.25) is 19.2 Å². The van der Waals surface area contributed by atoms with Crippen molar-refractivity contribution >= 4 is 45.3 Å². The maximum absolute atomic E-state index is 15.1. The molecule has 6 rings (SSSR count). The van der Waals surface area contributed by atoms with Crippen molar-refractivity contribution in [1.29, 1.82) is 0 Å². The molecular weight excluding hydrogens is 754 g/mol. The number of nitrogens with zero attached hydrogens (tertiary/aromatic N) is 2. The number of amides is 3. The number of hydrogen-bond acceptors (Lipinski definition) is 8. The number of likely N-dealkylation sites (tertiary alicyclic amines) is 1. The van der Waals surface area contributed by atoms with E-state index in [9.17, 15) is 14.7 Å². The number of carbonyl (C=O) groups is 4. The van der Waals surface area contributed by atoms with Crippen molar-refractivity contribution in [3.05, 3.63) is 121 Å². The Bertz CT molecular complexity index is 1830. The molecule has 11 nitrogen and oxygen atoms in total. The quantitative estimate of drug-likeness (QED) is 0.112. The molecule has 284 valence electrons. The van der Waals surface area contributed by atoms with Crippen LogP contribution in [0, 0.1) is 11.8 Å². The summed E-state index contributed by atoms with van der Waals surface area (Å²) in [6, 6.07) is 23.5. The average molecular weight is 801 g/mol. The van der Waals surface area contributed by atoms with Gasteiger partial charge in [0.15, 0.2) is 0 Å². The van der Waals surface area contributed by atoms with Crippen molar-refractivity contribution in [2.75, 3.05) is 31.7 Å². The summed E-state index contributed by atoms with van der Waals surface area (Å²) in [5.41, 5.74) is 0.660. The van der Waals surface area contributed by atoms with Crippen molar-refractivity contribution in [3.63, 3.8) is 0 Å². The lowest BCUT2D eigenvalue weighted by Crippen LogP contribution is -2.59. The van der Waals surface area contributed by atoms with Crippen LogP contribution < -0.4 is 15.0 Å². The number of allylic oxidation sites excluding steroid dienone is 1. The molecule has 54 heavy (non-hydrogen) atoms. The Hall–Kier alpha value is -4.78. The van der Waals surface area contributed by atoms with Crippen LogP contribution in [-0.4, -0.2) is 89.1 Å². The fourth-order valence-electron chi connectivity index (χ4n) is 8.15. The van der Waals surface area contributed by atoms with Crippen molar-refractivity contribution in [2.45, 2.75) is 60.4 Å². The smallest absolute Gasteiger partial charge is 0.313 e. The topological polar surface area (TPSA) is 135 Å². The third-order valence-electron chi connectivity index (χ3n) is 10.6. The van der Waals surface area contributed by atoms with E-state index in [-0.39, 0.29) is 38.3 Å². The van der Waals surface area contributed by atoms with Crippen molar-refractivity contribution in [1.82, 2.24) is 10.2 Å². The van der Waals surface area contributed by atoms with Gasteiger partial charge in [-0.2, -0.15) is 0 Å². The van der Waals surface area contributed by atoms with Crippen LogP contribution in [0.5, 0.6) is 5.75 Å². The van der Waals surface area contributed by atoms with E-state index in [1.54, 1.807) is 55.7 Å². The minimum atomic E-state index is -1.42. The zero-order valence-corrected chi connectivity index (χ0v) is 31.8. The molecule has 3 aliphatic heterocycles. The van der Waals surface area contributed by atoms with Crippen LogP contribution in [0.15, 0.2) is 110 Å². The van der Waals surface area contributed by atoms with Gasteiger partial charge in [-0.05, 0) is 54.7 Å². The highest BCUT2D eigenvalue weighted by atomic mass is 79.9. The molecule has 3 aromatic carbocycles. The van der Waals surface area contributed by atoms with E-state index in [4.69, 9.17) is 14.2 Å². The molecule has 3 aliphatic rings. The predicted octanol–water partition coefficient (Wildman–Crippen LogP) is 4.93. The summed E-state index contributed by atoms with van der Waals surface area (Å²) in [7, 11) is 1.55. The fourth-order valence-corrected chi connectivity index (χ4v) is 9.09. The molecule has 3 amide bonds. The molecular formula is C42H46BrN3O8. The first kappa shape index (κ1) is 38.9. The van der Waals surface area contributed by atoms with E-state index in [1.807, 2.05) is 48.5 Å². The van der Waals surface area contributed by atoms with Crippen LogP contribution in [0.3, 0.4) is 0 Å². The molecule has 3 saturated heterocycles. The molecule has 2 N–H and O–H groups in total. The molecule has 12 heteroatoms. The average Bonchev–Trinajstić information content (AvgIpc) is 3.80. The number of anilines is 1. The lowest BCUT2D eigenvalue weighted by atomic mass is 9.70. The first-order valence-electron chi connectivity index (χ1n) is 18.2. The molecule has 0 aliphatic carbocycles. The van der Waals surface area contributed by atoms with Crippen molar-refractivity contribution < 1.29 is 38.5 Å². The number of nitrogens with one attached hydrogen (secondary N) is 1. The highest BCUT2D eigenvalue weighted by Crippen LogP contribution is 2.61. The fraction of sp³-hybridized carbons (Fsp3) is 0.381. The normalized spacial score (nSPS) is 25.0. The Morgan fingerprint density at radius 1 is 1.06 bits per heavy atom. The number of fused-ring (bicyclic) bond motifs is 1. The Morgan fingerprint density at radius 3 is 2.37 bits per heavy atom. The van der Waals surface area contributed by atoms with Gasteiger partial charge in [0.2, 0.25) is 11.8 Å². The van der Waals surface area contributed by atoms with E-state index in [1.165, 1.54) is 9.80 Å². The number of carbonyl (C=O) groups excluding carboxylic acids is 4. The van der Waals surface area contributed by atoms with E-state index in [2.05, 4.69) is 34.4 Å². The van der Waals surface area contributed by atoms with Gasteiger partial charge < -0.3 is 34.4 Å². The van der Waals surface area contributed by atoms with Gasteiger partial charge in [-0.15, -0.1) is 13.2 Å². The molecule has 0 radical (unpaired) electrons. The lowest BCUT2D eigenvalue weighted by molar-refractivity contribution is -0.160. The van der Waals surface area contributed by atoms with Gasteiger partial charge in [0.1, 0.15) is 23.5 Å². The van der Waals surface area contributed by atoms with Crippen molar-refractivity contribution in [3.8, 4) is 5.75 Å². The van der Waals surface area contributed by atoms with Gasteiger partial charge in [-0.25, -0.2) is 0 Å². The third-order valence-corrected chi connectivity index (χ3v) is 11.4. The van der Waals surface area contributed by atoms with Crippen LogP contribution in [0.2, 0.25) is 0 Å². The molecule has 1 unspecified atom stereocenters. The summed E-state index contributed by atoms with van der Waals surface area (Å²) < 4.78 is 18.3. The first-order valence-corrected chi connectivity index (χ1v) is 19.1. The van der Waals surface area contributed by atoms with E-state index in [0.717, 1.165) is 5.56 Å². The Morgan fingerprint density at radius 2 is 1.74 bits per heavy atom. The molecule has 8 atom stereocenters. The van der Waals surface area contributed by atoms with Crippen molar-refractivity contribution in [2.24, 2.45) is 11.8 Å². The number of rotatable bonds is 17. The molecule has 3 aromatic rings. The predicted molar refractivity (Wildman–Crippen MR) is 207 cm³/mol. The minimum Gasteiger partial charge on any atom is -0.497 e. The number of esters is 1. The molecule has 0 aromatic heterocycles. The van der Waals surface area contributed by atoms with Gasteiger partial charge in [-0.1, -0.05) is 88.7 Å². The third kappa shape index (κ3) is 7.60. The second-order valence-electron chi connectivity index (χ2n) is 13.8. The number of benzene rings is 3.